The molecule has 0 bridgehead atoms. The molecule has 1 amide bonds. The summed E-state index contributed by atoms with van der Waals surface area (Å²) in [5.74, 6) is 0.248. The molecule has 2 rings (SSSR count). The van der Waals surface area contributed by atoms with E-state index in [1.165, 1.54) is 6.08 Å². The van der Waals surface area contributed by atoms with Gasteiger partial charge in [0.15, 0.2) is 0 Å². The van der Waals surface area contributed by atoms with Crippen LogP contribution < -0.4 is 10.1 Å². The van der Waals surface area contributed by atoms with Crippen LogP contribution in [0.3, 0.4) is 0 Å². The quantitative estimate of drug-likeness (QED) is 0.649. The zero-order valence-corrected chi connectivity index (χ0v) is 13.2. The molecule has 0 heterocycles. The first-order chi connectivity index (χ1) is 11.1. The van der Waals surface area contributed by atoms with Crippen LogP contribution in [0, 0.1) is 0 Å². The van der Waals surface area contributed by atoms with Crippen molar-refractivity contribution in [1.82, 2.24) is 0 Å². The summed E-state index contributed by atoms with van der Waals surface area (Å²) in [6, 6.07) is 14.5. The number of ether oxygens (including phenoxy) is 1. The highest BCUT2D eigenvalue weighted by Gasteiger charge is 2.09. The Morgan fingerprint density at radius 2 is 1.83 bits per heavy atom. The summed E-state index contributed by atoms with van der Waals surface area (Å²) in [6.07, 6.45) is 3.87. The lowest BCUT2D eigenvalue weighted by atomic mass is 10.2. The monoisotopic (exact) mass is 309 g/mol. The Morgan fingerprint density at radius 3 is 2.48 bits per heavy atom. The maximum Gasteiger partial charge on any atom is 0.248 e. The summed E-state index contributed by atoms with van der Waals surface area (Å²) in [5.41, 5.74) is 1.89. The van der Waals surface area contributed by atoms with Gasteiger partial charge in [0.25, 0.3) is 0 Å². The van der Waals surface area contributed by atoms with Crippen molar-refractivity contribution in [2.45, 2.75) is 20.0 Å². The Morgan fingerprint density at radius 1 is 1.09 bits per heavy atom. The number of benzene rings is 2. The highest BCUT2D eigenvalue weighted by molar-refractivity contribution is 6.03. The molecule has 0 saturated carbocycles. The molecule has 2 aromatic carbocycles. The number of nitrogens with one attached hydrogen (secondary N) is 1. The van der Waals surface area contributed by atoms with E-state index in [1.807, 2.05) is 44.2 Å². The molecular weight excluding hydrogens is 290 g/mol. The average Bonchev–Trinajstić information content (AvgIpc) is 2.55. The molecule has 4 nitrogen and oxygen atoms in total. The number of aldehydes is 1. The van der Waals surface area contributed by atoms with Crippen molar-refractivity contribution in [3.8, 4) is 5.75 Å². The van der Waals surface area contributed by atoms with Gasteiger partial charge in [0, 0.05) is 11.6 Å². The summed E-state index contributed by atoms with van der Waals surface area (Å²) < 4.78 is 5.65. The van der Waals surface area contributed by atoms with Gasteiger partial charge < -0.3 is 10.1 Å². The lowest BCUT2D eigenvalue weighted by molar-refractivity contribution is -0.111. The summed E-state index contributed by atoms with van der Waals surface area (Å²) in [7, 11) is 0. The van der Waals surface area contributed by atoms with Crippen molar-refractivity contribution in [2.24, 2.45) is 0 Å². The van der Waals surface area contributed by atoms with Crippen LogP contribution in [0.2, 0.25) is 0 Å². The molecule has 0 atom stereocenters. The summed E-state index contributed by atoms with van der Waals surface area (Å²) in [5, 5.41) is 2.75. The second kappa shape index (κ2) is 7.94. The van der Waals surface area contributed by atoms with Crippen molar-refractivity contribution in [3.05, 3.63) is 65.7 Å². The van der Waals surface area contributed by atoms with Crippen LogP contribution in [0.4, 0.5) is 5.69 Å². The van der Waals surface area contributed by atoms with Crippen LogP contribution in [-0.2, 0) is 4.79 Å². The first-order valence-electron chi connectivity index (χ1n) is 7.38. The molecule has 0 aliphatic carbocycles. The van der Waals surface area contributed by atoms with Gasteiger partial charge >= 0.3 is 0 Å². The molecule has 0 radical (unpaired) electrons. The van der Waals surface area contributed by atoms with E-state index in [2.05, 4.69) is 5.32 Å². The number of rotatable bonds is 6. The molecule has 0 aliphatic rings. The van der Waals surface area contributed by atoms with Gasteiger partial charge in [0.2, 0.25) is 5.91 Å². The largest absolute Gasteiger partial charge is 0.489 e. The van der Waals surface area contributed by atoms with E-state index in [0.29, 0.717) is 17.0 Å². The molecule has 0 fully saturated rings. The van der Waals surface area contributed by atoms with E-state index < -0.39 is 0 Å². The van der Waals surface area contributed by atoms with Crippen molar-refractivity contribution >= 4 is 24.0 Å². The third-order valence-electron chi connectivity index (χ3n) is 2.99. The van der Waals surface area contributed by atoms with Crippen LogP contribution in [0.1, 0.15) is 29.8 Å². The molecule has 2 aromatic rings. The second-order valence-electron chi connectivity index (χ2n) is 5.27. The van der Waals surface area contributed by atoms with Gasteiger partial charge in [0.1, 0.15) is 12.0 Å². The third kappa shape index (κ3) is 5.11. The standard InChI is InChI=1S/C19H19NO3/c1-14(2)23-18-10-8-16(13-21)12-17(18)20-19(22)11-9-15-6-4-3-5-7-15/h3-14H,1-2H3,(H,20,22)/b11-9+. The van der Waals surface area contributed by atoms with Gasteiger partial charge in [-0.3, -0.25) is 9.59 Å². The van der Waals surface area contributed by atoms with Gasteiger partial charge in [-0.1, -0.05) is 30.3 Å². The lowest BCUT2D eigenvalue weighted by Gasteiger charge is -2.14. The first kappa shape index (κ1) is 16.5. The van der Waals surface area contributed by atoms with Crippen LogP contribution in [-0.4, -0.2) is 18.3 Å². The number of hydrogen-bond acceptors (Lipinski definition) is 3. The van der Waals surface area contributed by atoms with E-state index in [4.69, 9.17) is 4.74 Å². The van der Waals surface area contributed by atoms with Gasteiger partial charge in [-0.05, 0) is 43.7 Å². The number of carbonyl (C=O) groups is 2. The third-order valence-corrected chi connectivity index (χ3v) is 2.99. The molecule has 23 heavy (non-hydrogen) atoms. The van der Waals surface area contributed by atoms with Crippen LogP contribution in [0.15, 0.2) is 54.6 Å². The predicted molar refractivity (Wildman–Crippen MR) is 91.7 cm³/mol. The van der Waals surface area contributed by atoms with Crippen molar-refractivity contribution < 1.29 is 14.3 Å². The smallest absolute Gasteiger partial charge is 0.248 e. The molecule has 0 unspecified atom stereocenters. The van der Waals surface area contributed by atoms with Crippen LogP contribution in [0.5, 0.6) is 5.75 Å². The highest BCUT2D eigenvalue weighted by Crippen LogP contribution is 2.26. The van der Waals surface area contributed by atoms with E-state index >= 15 is 0 Å². The minimum atomic E-state index is -0.287. The fourth-order valence-corrected chi connectivity index (χ4v) is 1.99. The minimum Gasteiger partial charge on any atom is -0.489 e. The Kier molecular flexibility index (Phi) is 5.69. The molecule has 0 saturated heterocycles. The topological polar surface area (TPSA) is 55.4 Å². The minimum absolute atomic E-state index is 0.0346. The van der Waals surface area contributed by atoms with Gasteiger partial charge in [-0.25, -0.2) is 0 Å². The molecule has 4 heteroatoms. The lowest BCUT2D eigenvalue weighted by Crippen LogP contribution is -2.12. The van der Waals surface area contributed by atoms with Crippen molar-refractivity contribution in [2.75, 3.05) is 5.32 Å². The normalized spacial score (nSPS) is 10.7. The number of amides is 1. The number of anilines is 1. The average molecular weight is 309 g/mol. The Bertz CT molecular complexity index is 706. The summed E-state index contributed by atoms with van der Waals surface area (Å²) >= 11 is 0. The highest BCUT2D eigenvalue weighted by atomic mass is 16.5. The SMILES string of the molecule is CC(C)Oc1ccc(C=O)cc1NC(=O)/C=C/c1ccccc1. The van der Waals surface area contributed by atoms with Crippen molar-refractivity contribution in [3.63, 3.8) is 0 Å². The Hall–Kier alpha value is -2.88. The van der Waals surface area contributed by atoms with E-state index in [9.17, 15) is 9.59 Å². The molecular formula is C19H19NO3. The van der Waals surface area contributed by atoms with Crippen LogP contribution >= 0.6 is 0 Å². The zero-order chi connectivity index (χ0) is 16.7. The zero-order valence-electron chi connectivity index (χ0n) is 13.2. The molecule has 118 valence electrons. The number of hydrogen-bond donors (Lipinski definition) is 1. The van der Waals surface area contributed by atoms with E-state index in [0.717, 1.165) is 11.8 Å². The second-order valence-corrected chi connectivity index (χ2v) is 5.27. The van der Waals surface area contributed by atoms with Crippen LogP contribution in [0.25, 0.3) is 6.08 Å². The van der Waals surface area contributed by atoms with E-state index in [-0.39, 0.29) is 12.0 Å². The Labute approximate surface area is 135 Å². The summed E-state index contributed by atoms with van der Waals surface area (Å²) in [6.45, 7) is 3.79. The fraction of sp³-hybridized carbons (Fsp3) is 0.158. The van der Waals surface area contributed by atoms with Gasteiger partial charge in [0.05, 0.1) is 11.8 Å². The van der Waals surface area contributed by atoms with Gasteiger partial charge in [-0.15, -0.1) is 0 Å². The predicted octanol–water partition coefficient (Wildman–Crippen LogP) is 3.94. The Balaban J connectivity index is 2.15. The first-order valence-corrected chi connectivity index (χ1v) is 7.38. The molecule has 0 aromatic heterocycles. The van der Waals surface area contributed by atoms with E-state index in [1.54, 1.807) is 24.3 Å². The summed E-state index contributed by atoms with van der Waals surface area (Å²) in [4.78, 5) is 23.0. The molecule has 0 spiro atoms. The fourth-order valence-electron chi connectivity index (χ4n) is 1.99. The number of carbonyl (C=O) groups excluding carboxylic acids is 2. The maximum absolute atomic E-state index is 12.1. The molecule has 1 N–H and O–H groups in total. The van der Waals surface area contributed by atoms with Gasteiger partial charge in [-0.2, -0.15) is 0 Å². The van der Waals surface area contributed by atoms with Crippen molar-refractivity contribution in [1.29, 1.82) is 0 Å². The molecule has 0 aliphatic heterocycles. The maximum atomic E-state index is 12.1.